The van der Waals surface area contributed by atoms with Crippen molar-refractivity contribution in [1.82, 2.24) is 5.32 Å². The van der Waals surface area contributed by atoms with E-state index >= 15 is 0 Å². The van der Waals surface area contributed by atoms with Crippen molar-refractivity contribution in [2.24, 2.45) is 0 Å². The predicted octanol–water partition coefficient (Wildman–Crippen LogP) is 1.27. The van der Waals surface area contributed by atoms with Crippen molar-refractivity contribution >= 4 is 11.6 Å². The molecular formula is C11H10N2O3. The smallest absolute Gasteiger partial charge is 0.270 e. The summed E-state index contributed by atoms with van der Waals surface area (Å²) in [6.07, 6.45) is 5.00. The highest BCUT2D eigenvalue weighted by molar-refractivity contribution is 5.96. The Labute approximate surface area is 92.6 Å². The number of nitrogens with zero attached hydrogens (tertiary/aromatic N) is 1. The molecule has 1 aromatic rings. The molecule has 0 aliphatic carbocycles. The molecule has 5 nitrogen and oxygen atoms in total. The topological polar surface area (TPSA) is 72.2 Å². The Morgan fingerprint density at radius 3 is 2.88 bits per heavy atom. The molecule has 1 N–H and O–H groups in total. The van der Waals surface area contributed by atoms with Crippen LogP contribution in [0.25, 0.3) is 0 Å². The number of hydrogen-bond donors (Lipinski definition) is 1. The summed E-state index contributed by atoms with van der Waals surface area (Å²) in [6, 6.07) is 4.12. The highest BCUT2D eigenvalue weighted by Crippen LogP contribution is 2.16. The van der Waals surface area contributed by atoms with E-state index in [9.17, 15) is 14.9 Å². The van der Waals surface area contributed by atoms with Crippen LogP contribution in [0.2, 0.25) is 0 Å². The number of benzene rings is 1. The molecule has 0 radical (unpaired) electrons. The third kappa shape index (κ3) is 2.58. The maximum atomic E-state index is 11.6. The lowest BCUT2D eigenvalue weighted by atomic mass is 10.1. The van der Waals surface area contributed by atoms with Gasteiger partial charge in [-0.1, -0.05) is 12.0 Å². The van der Waals surface area contributed by atoms with Gasteiger partial charge in [0.05, 0.1) is 11.5 Å². The second-order valence-electron chi connectivity index (χ2n) is 3.14. The third-order valence-electron chi connectivity index (χ3n) is 2.03. The quantitative estimate of drug-likeness (QED) is 0.471. The Morgan fingerprint density at radius 1 is 1.62 bits per heavy atom. The van der Waals surface area contributed by atoms with Gasteiger partial charge in [0.25, 0.3) is 11.6 Å². The van der Waals surface area contributed by atoms with Gasteiger partial charge in [0, 0.05) is 17.7 Å². The van der Waals surface area contributed by atoms with Gasteiger partial charge in [-0.15, -0.1) is 6.42 Å². The minimum atomic E-state index is -0.544. The zero-order valence-electron chi connectivity index (χ0n) is 8.69. The molecule has 0 aliphatic rings. The molecule has 0 saturated heterocycles. The van der Waals surface area contributed by atoms with E-state index in [-0.39, 0.29) is 17.8 Å². The summed E-state index contributed by atoms with van der Waals surface area (Å²) in [5.41, 5.74) is 0.820. The Kier molecular flexibility index (Phi) is 3.62. The Hall–Kier alpha value is -2.35. The number of rotatable bonds is 3. The fraction of sp³-hybridized carbons (Fsp3) is 0.182. The second-order valence-corrected chi connectivity index (χ2v) is 3.14. The van der Waals surface area contributed by atoms with Crippen molar-refractivity contribution in [3.05, 3.63) is 39.4 Å². The summed E-state index contributed by atoms with van der Waals surface area (Å²) in [5, 5.41) is 13.0. The predicted molar refractivity (Wildman–Crippen MR) is 59.0 cm³/mol. The van der Waals surface area contributed by atoms with Crippen molar-refractivity contribution in [2.45, 2.75) is 6.92 Å². The number of hydrogen-bond acceptors (Lipinski definition) is 3. The van der Waals surface area contributed by atoms with Crippen molar-refractivity contribution in [3.63, 3.8) is 0 Å². The molecule has 0 fully saturated rings. The highest BCUT2D eigenvalue weighted by atomic mass is 16.6. The molecule has 0 spiro atoms. The molecule has 1 amide bonds. The molecule has 5 heteroatoms. The summed E-state index contributed by atoms with van der Waals surface area (Å²) in [4.78, 5) is 21.6. The summed E-state index contributed by atoms with van der Waals surface area (Å²) in [5.74, 6) is 1.86. The van der Waals surface area contributed by atoms with Gasteiger partial charge in [-0.05, 0) is 12.5 Å². The zero-order valence-corrected chi connectivity index (χ0v) is 8.69. The van der Waals surface area contributed by atoms with Crippen LogP contribution >= 0.6 is 0 Å². The van der Waals surface area contributed by atoms with Crippen LogP contribution in [-0.4, -0.2) is 17.4 Å². The molecule has 82 valence electrons. The average molecular weight is 218 g/mol. The van der Waals surface area contributed by atoms with Crippen LogP contribution in [0.3, 0.4) is 0 Å². The van der Waals surface area contributed by atoms with E-state index in [1.165, 1.54) is 18.2 Å². The molecule has 0 aromatic heterocycles. The number of terminal acetylenes is 1. The molecule has 0 aliphatic heterocycles. The normalized spacial score (nSPS) is 9.25. The molecule has 0 heterocycles. The molecular weight excluding hydrogens is 208 g/mol. The van der Waals surface area contributed by atoms with Gasteiger partial charge in [0.2, 0.25) is 0 Å². The Balaban J connectivity index is 3.03. The average Bonchev–Trinajstić information content (AvgIpc) is 2.26. The standard InChI is InChI=1S/C11H10N2O3/c1-3-6-12-11(14)10-7-9(13(15)16)5-4-8(10)2/h1,4-5,7H,6H2,2H3,(H,12,14). The first kappa shape index (κ1) is 11.7. The van der Waals surface area contributed by atoms with E-state index < -0.39 is 10.8 Å². The van der Waals surface area contributed by atoms with Gasteiger partial charge >= 0.3 is 0 Å². The summed E-state index contributed by atoms with van der Waals surface area (Å²) in [7, 11) is 0. The number of aryl methyl sites for hydroxylation is 1. The summed E-state index contributed by atoms with van der Waals surface area (Å²) >= 11 is 0. The molecule has 16 heavy (non-hydrogen) atoms. The van der Waals surface area contributed by atoms with E-state index in [0.717, 1.165) is 0 Å². The van der Waals surface area contributed by atoms with Gasteiger partial charge in [0.1, 0.15) is 0 Å². The number of nitrogens with one attached hydrogen (secondary N) is 1. The zero-order chi connectivity index (χ0) is 12.1. The maximum Gasteiger partial charge on any atom is 0.270 e. The van der Waals surface area contributed by atoms with Crippen molar-refractivity contribution in [3.8, 4) is 12.3 Å². The van der Waals surface area contributed by atoms with Crippen LogP contribution < -0.4 is 5.32 Å². The van der Waals surface area contributed by atoms with E-state index in [2.05, 4.69) is 11.2 Å². The molecule has 0 atom stereocenters. The van der Waals surface area contributed by atoms with E-state index in [1.54, 1.807) is 6.92 Å². The van der Waals surface area contributed by atoms with Crippen molar-refractivity contribution < 1.29 is 9.72 Å². The highest BCUT2D eigenvalue weighted by Gasteiger charge is 2.13. The lowest BCUT2D eigenvalue weighted by Gasteiger charge is -2.04. The Morgan fingerprint density at radius 2 is 2.31 bits per heavy atom. The van der Waals surface area contributed by atoms with E-state index in [1.807, 2.05) is 0 Å². The Bertz CT molecular complexity index is 475. The fourth-order valence-electron chi connectivity index (χ4n) is 1.19. The summed E-state index contributed by atoms with van der Waals surface area (Å²) in [6.45, 7) is 1.80. The minimum absolute atomic E-state index is 0.0982. The lowest BCUT2D eigenvalue weighted by Crippen LogP contribution is -2.24. The van der Waals surface area contributed by atoms with Crippen LogP contribution in [-0.2, 0) is 0 Å². The van der Waals surface area contributed by atoms with Crippen LogP contribution in [0.15, 0.2) is 18.2 Å². The molecule has 1 rings (SSSR count). The number of amides is 1. The molecule has 0 unspecified atom stereocenters. The number of nitro benzene ring substituents is 1. The van der Waals surface area contributed by atoms with E-state index in [0.29, 0.717) is 5.56 Å². The van der Waals surface area contributed by atoms with Crippen LogP contribution in [0.5, 0.6) is 0 Å². The van der Waals surface area contributed by atoms with Gasteiger partial charge < -0.3 is 5.32 Å². The fourth-order valence-corrected chi connectivity index (χ4v) is 1.19. The van der Waals surface area contributed by atoms with E-state index in [4.69, 9.17) is 6.42 Å². The summed E-state index contributed by atoms with van der Waals surface area (Å²) < 4.78 is 0. The number of carbonyl (C=O) groups excluding carboxylic acids is 1. The van der Waals surface area contributed by atoms with Crippen molar-refractivity contribution in [2.75, 3.05) is 6.54 Å². The number of nitro groups is 1. The first-order valence-electron chi connectivity index (χ1n) is 4.53. The maximum absolute atomic E-state index is 11.6. The third-order valence-corrected chi connectivity index (χ3v) is 2.03. The van der Waals surface area contributed by atoms with Gasteiger partial charge in [-0.2, -0.15) is 0 Å². The first-order chi connectivity index (χ1) is 7.56. The molecule has 0 saturated carbocycles. The number of carbonyl (C=O) groups is 1. The largest absolute Gasteiger partial charge is 0.341 e. The number of non-ortho nitro benzene ring substituents is 1. The molecule has 0 bridgehead atoms. The van der Waals surface area contributed by atoms with Gasteiger partial charge in [-0.3, -0.25) is 14.9 Å². The molecule has 1 aromatic carbocycles. The monoisotopic (exact) mass is 218 g/mol. The second kappa shape index (κ2) is 4.94. The van der Waals surface area contributed by atoms with Crippen LogP contribution in [0.1, 0.15) is 15.9 Å². The van der Waals surface area contributed by atoms with Gasteiger partial charge in [0.15, 0.2) is 0 Å². The van der Waals surface area contributed by atoms with Gasteiger partial charge in [-0.25, -0.2) is 0 Å². The minimum Gasteiger partial charge on any atom is -0.341 e. The lowest BCUT2D eigenvalue weighted by molar-refractivity contribution is -0.384. The van der Waals surface area contributed by atoms with Crippen LogP contribution in [0, 0.1) is 29.4 Å². The first-order valence-corrected chi connectivity index (χ1v) is 4.53. The van der Waals surface area contributed by atoms with Crippen molar-refractivity contribution in [1.29, 1.82) is 0 Å². The van der Waals surface area contributed by atoms with Crippen LogP contribution in [0.4, 0.5) is 5.69 Å². The SMILES string of the molecule is C#CCNC(=O)c1cc([N+](=O)[O-])ccc1C.